The Morgan fingerprint density at radius 2 is 1.94 bits per heavy atom. The van der Waals surface area contributed by atoms with E-state index in [9.17, 15) is 9.59 Å². The lowest BCUT2D eigenvalue weighted by Crippen LogP contribution is -2.32. The van der Waals surface area contributed by atoms with Crippen LogP contribution in [0, 0.1) is 0 Å². The van der Waals surface area contributed by atoms with Crippen LogP contribution in [0.25, 0.3) is 6.08 Å². The summed E-state index contributed by atoms with van der Waals surface area (Å²) in [7, 11) is 3.10. The standard InChI is InChI=1S/C22H22ClN3O4S/c1-4-24-20(27)13-31-22-25-18(11-14-5-8-16(29-2)9-6-14)21(28)26(22)15-7-10-17(23)19(12-15)30-3/h5-12H,4,13H2,1-3H3,(H,24,27)/b18-11-. The van der Waals surface area contributed by atoms with E-state index in [1.807, 2.05) is 31.2 Å². The Morgan fingerprint density at radius 1 is 1.19 bits per heavy atom. The number of methoxy groups -OCH3 is 2. The van der Waals surface area contributed by atoms with Gasteiger partial charge in [0.2, 0.25) is 5.91 Å². The van der Waals surface area contributed by atoms with E-state index in [4.69, 9.17) is 21.1 Å². The molecular weight excluding hydrogens is 438 g/mol. The Hall–Kier alpha value is -2.97. The zero-order valence-corrected chi connectivity index (χ0v) is 18.9. The van der Waals surface area contributed by atoms with Crippen LogP contribution in [0.5, 0.6) is 11.5 Å². The summed E-state index contributed by atoms with van der Waals surface area (Å²) in [6.45, 7) is 2.38. The Balaban J connectivity index is 1.95. The molecule has 0 spiro atoms. The van der Waals surface area contributed by atoms with Gasteiger partial charge in [0.15, 0.2) is 5.17 Å². The van der Waals surface area contributed by atoms with E-state index in [1.165, 1.54) is 23.8 Å². The molecule has 0 aromatic heterocycles. The molecule has 0 unspecified atom stereocenters. The highest BCUT2D eigenvalue weighted by Crippen LogP contribution is 2.34. The lowest BCUT2D eigenvalue weighted by molar-refractivity contribution is -0.118. The Labute approximate surface area is 190 Å². The molecule has 3 rings (SSSR count). The van der Waals surface area contributed by atoms with Crippen molar-refractivity contribution >= 4 is 52.1 Å². The molecule has 0 fully saturated rings. The predicted octanol–water partition coefficient (Wildman–Crippen LogP) is 3.97. The SMILES string of the molecule is CCNC(=O)CSC1=N/C(=C\c2ccc(OC)cc2)C(=O)N1c1ccc(Cl)c(OC)c1. The molecule has 0 radical (unpaired) electrons. The molecule has 0 saturated carbocycles. The fraction of sp³-hybridized carbons (Fsp3) is 0.227. The second kappa shape index (κ2) is 10.4. The zero-order valence-electron chi connectivity index (χ0n) is 17.3. The molecule has 1 N–H and O–H groups in total. The van der Waals surface area contributed by atoms with Crippen LogP contribution in [-0.4, -0.2) is 43.5 Å². The summed E-state index contributed by atoms with van der Waals surface area (Å²) in [5.74, 6) is 0.850. The van der Waals surface area contributed by atoms with Gasteiger partial charge in [0.05, 0.1) is 30.7 Å². The van der Waals surface area contributed by atoms with Crippen LogP contribution in [-0.2, 0) is 9.59 Å². The van der Waals surface area contributed by atoms with Gasteiger partial charge in [-0.05, 0) is 42.8 Å². The number of halogens is 1. The fourth-order valence-electron chi connectivity index (χ4n) is 2.84. The number of nitrogens with one attached hydrogen (secondary N) is 1. The van der Waals surface area contributed by atoms with Gasteiger partial charge in [0.25, 0.3) is 5.91 Å². The number of hydrogen-bond acceptors (Lipinski definition) is 6. The Kier molecular flexibility index (Phi) is 7.59. The zero-order chi connectivity index (χ0) is 22.4. The van der Waals surface area contributed by atoms with E-state index in [-0.39, 0.29) is 23.3 Å². The number of thioether (sulfide) groups is 1. The van der Waals surface area contributed by atoms with Crippen molar-refractivity contribution in [3.63, 3.8) is 0 Å². The topological polar surface area (TPSA) is 80.2 Å². The van der Waals surface area contributed by atoms with Crippen LogP contribution in [0.3, 0.4) is 0 Å². The quantitative estimate of drug-likeness (QED) is 0.634. The third-order valence-electron chi connectivity index (χ3n) is 4.35. The normalized spacial score (nSPS) is 14.6. The van der Waals surface area contributed by atoms with Crippen molar-refractivity contribution in [2.75, 3.05) is 31.4 Å². The van der Waals surface area contributed by atoms with E-state index >= 15 is 0 Å². The first-order chi connectivity index (χ1) is 15.0. The Morgan fingerprint density at radius 3 is 2.58 bits per heavy atom. The van der Waals surface area contributed by atoms with E-state index < -0.39 is 0 Å². The van der Waals surface area contributed by atoms with Gasteiger partial charge in [0.1, 0.15) is 17.2 Å². The van der Waals surface area contributed by atoms with Crippen molar-refractivity contribution in [3.05, 3.63) is 58.7 Å². The highest BCUT2D eigenvalue weighted by Gasteiger charge is 2.32. The van der Waals surface area contributed by atoms with Gasteiger partial charge in [-0.25, -0.2) is 4.99 Å². The monoisotopic (exact) mass is 459 g/mol. The van der Waals surface area contributed by atoms with Crippen molar-refractivity contribution in [2.24, 2.45) is 4.99 Å². The maximum atomic E-state index is 13.2. The lowest BCUT2D eigenvalue weighted by Gasteiger charge is -2.18. The number of carbonyl (C=O) groups is 2. The first-order valence-electron chi connectivity index (χ1n) is 9.48. The molecule has 0 aliphatic carbocycles. The molecule has 162 valence electrons. The molecule has 1 heterocycles. The maximum Gasteiger partial charge on any atom is 0.283 e. The van der Waals surface area contributed by atoms with Gasteiger partial charge in [-0.1, -0.05) is 35.5 Å². The minimum absolute atomic E-state index is 0.135. The number of nitrogens with zero attached hydrogens (tertiary/aromatic N) is 2. The summed E-state index contributed by atoms with van der Waals surface area (Å²) >= 11 is 7.32. The first kappa shape index (κ1) is 22.7. The first-order valence-corrected chi connectivity index (χ1v) is 10.8. The van der Waals surface area contributed by atoms with Gasteiger partial charge in [-0.3, -0.25) is 14.5 Å². The van der Waals surface area contributed by atoms with Crippen molar-refractivity contribution in [1.82, 2.24) is 5.32 Å². The number of amidine groups is 1. The van der Waals surface area contributed by atoms with Gasteiger partial charge >= 0.3 is 0 Å². The molecule has 0 bridgehead atoms. The summed E-state index contributed by atoms with van der Waals surface area (Å²) in [5, 5.41) is 3.57. The van der Waals surface area contributed by atoms with Crippen molar-refractivity contribution in [2.45, 2.75) is 6.92 Å². The summed E-state index contributed by atoms with van der Waals surface area (Å²) < 4.78 is 10.5. The minimum atomic E-state index is -0.307. The van der Waals surface area contributed by atoms with Crippen LogP contribution in [0.1, 0.15) is 12.5 Å². The number of benzene rings is 2. The molecule has 0 atom stereocenters. The molecule has 7 nitrogen and oxygen atoms in total. The number of rotatable bonds is 7. The molecule has 0 saturated heterocycles. The van der Waals surface area contributed by atoms with Crippen LogP contribution in [0.2, 0.25) is 5.02 Å². The lowest BCUT2D eigenvalue weighted by atomic mass is 10.2. The van der Waals surface area contributed by atoms with E-state index in [1.54, 1.807) is 31.4 Å². The molecule has 1 aliphatic heterocycles. The van der Waals surface area contributed by atoms with Crippen molar-refractivity contribution in [3.8, 4) is 11.5 Å². The van der Waals surface area contributed by atoms with E-state index in [0.717, 1.165) is 11.3 Å². The average molecular weight is 460 g/mol. The van der Waals surface area contributed by atoms with Gasteiger partial charge in [-0.2, -0.15) is 0 Å². The number of anilines is 1. The van der Waals surface area contributed by atoms with Crippen molar-refractivity contribution < 1.29 is 19.1 Å². The molecule has 2 aromatic carbocycles. The smallest absolute Gasteiger partial charge is 0.283 e. The summed E-state index contributed by atoms with van der Waals surface area (Å²) in [5.41, 5.74) is 1.61. The van der Waals surface area contributed by atoms with Crippen LogP contribution in [0.4, 0.5) is 5.69 Å². The predicted molar refractivity (Wildman–Crippen MR) is 125 cm³/mol. The van der Waals surface area contributed by atoms with Gasteiger partial charge in [0, 0.05) is 12.6 Å². The summed E-state index contributed by atoms with van der Waals surface area (Å²) in [6.07, 6.45) is 1.70. The third-order valence-corrected chi connectivity index (χ3v) is 5.60. The largest absolute Gasteiger partial charge is 0.497 e. The minimum Gasteiger partial charge on any atom is -0.497 e. The van der Waals surface area contributed by atoms with Gasteiger partial charge < -0.3 is 14.8 Å². The average Bonchev–Trinajstić information content (AvgIpc) is 3.08. The van der Waals surface area contributed by atoms with Crippen LogP contribution >= 0.6 is 23.4 Å². The molecule has 31 heavy (non-hydrogen) atoms. The maximum absolute atomic E-state index is 13.2. The molecule has 2 amide bonds. The van der Waals surface area contributed by atoms with Gasteiger partial charge in [-0.15, -0.1) is 0 Å². The fourth-order valence-corrected chi connectivity index (χ4v) is 3.88. The van der Waals surface area contributed by atoms with E-state index in [2.05, 4.69) is 10.3 Å². The highest BCUT2D eigenvalue weighted by molar-refractivity contribution is 8.14. The van der Waals surface area contributed by atoms with E-state index in [0.29, 0.717) is 28.2 Å². The number of hydrogen-bond donors (Lipinski definition) is 1. The number of aliphatic imine (C=N–C) groups is 1. The molecule has 9 heteroatoms. The number of carbonyl (C=O) groups excluding carboxylic acids is 2. The van der Waals surface area contributed by atoms with Crippen molar-refractivity contribution in [1.29, 1.82) is 0 Å². The third kappa shape index (κ3) is 5.39. The summed E-state index contributed by atoms with van der Waals surface area (Å²) in [6, 6.07) is 12.3. The number of amides is 2. The number of ether oxygens (including phenoxy) is 2. The van der Waals surface area contributed by atoms with Crippen LogP contribution < -0.4 is 19.7 Å². The second-order valence-electron chi connectivity index (χ2n) is 6.40. The molecule has 1 aliphatic rings. The van der Waals surface area contributed by atoms with Crippen LogP contribution in [0.15, 0.2) is 53.2 Å². The molecule has 2 aromatic rings. The highest BCUT2D eigenvalue weighted by atomic mass is 35.5. The molecular formula is C22H22ClN3O4S. The summed E-state index contributed by atoms with van der Waals surface area (Å²) in [4.78, 5) is 31.1. The Bertz CT molecular complexity index is 1040. The second-order valence-corrected chi connectivity index (χ2v) is 7.75.